The van der Waals surface area contributed by atoms with Crippen LogP contribution in [0, 0.1) is 0 Å². The number of para-hydroxylation sites is 1. The van der Waals surface area contributed by atoms with Gasteiger partial charge in [-0.2, -0.15) is 0 Å². The lowest BCUT2D eigenvalue weighted by Gasteiger charge is -2.24. The molecular weight excluding hydrogens is 362 g/mol. The number of carbonyl (C=O) groups is 2. The fourth-order valence-corrected chi connectivity index (χ4v) is 4.80. The molecule has 1 aromatic heterocycles. The number of ether oxygens (including phenoxy) is 1. The van der Waals surface area contributed by atoms with E-state index in [9.17, 15) is 9.59 Å². The van der Waals surface area contributed by atoms with Gasteiger partial charge < -0.3 is 15.0 Å². The van der Waals surface area contributed by atoms with Crippen molar-refractivity contribution in [2.75, 3.05) is 18.5 Å². The third-order valence-corrected chi connectivity index (χ3v) is 6.11. The number of thiazole rings is 1. The molecule has 7 heteroatoms. The summed E-state index contributed by atoms with van der Waals surface area (Å²) in [6.45, 7) is 0.714. The first-order valence-corrected chi connectivity index (χ1v) is 9.74. The van der Waals surface area contributed by atoms with Crippen LogP contribution in [0.4, 0.5) is 5.69 Å². The average molecular weight is 379 g/mol. The van der Waals surface area contributed by atoms with Crippen LogP contribution in [0.3, 0.4) is 0 Å². The molecular formula is C20H17N3O3S. The molecule has 2 aromatic carbocycles. The Morgan fingerprint density at radius 1 is 1.26 bits per heavy atom. The molecule has 1 N–H and O–H groups in total. The molecule has 1 fully saturated rings. The van der Waals surface area contributed by atoms with Crippen molar-refractivity contribution in [2.24, 2.45) is 0 Å². The van der Waals surface area contributed by atoms with Gasteiger partial charge in [0.05, 0.1) is 21.9 Å². The third kappa shape index (κ3) is 2.84. The summed E-state index contributed by atoms with van der Waals surface area (Å²) in [6, 6.07) is 13.2. The zero-order valence-corrected chi connectivity index (χ0v) is 15.3. The number of aromatic nitrogens is 1. The molecule has 27 heavy (non-hydrogen) atoms. The first-order chi connectivity index (χ1) is 13.2. The van der Waals surface area contributed by atoms with Crippen molar-refractivity contribution in [3.63, 3.8) is 0 Å². The highest BCUT2D eigenvalue weighted by Crippen LogP contribution is 2.38. The molecule has 0 spiro atoms. The highest BCUT2D eigenvalue weighted by molar-refractivity contribution is 7.18. The maximum Gasteiger partial charge on any atom is 0.262 e. The van der Waals surface area contributed by atoms with E-state index in [-0.39, 0.29) is 24.5 Å². The standard InChI is InChI=1S/C20H17N3O3S/c24-18-11-26-16-8-7-12(10-14(16)21-18)20(25)23-9-3-5-15(23)19-22-13-4-1-2-6-17(13)27-19/h1-2,4,6-8,10,15H,3,5,9,11H2,(H,21,24). The number of benzene rings is 2. The van der Waals surface area contributed by atoms with E-state index in [1.807, 2.05) is 23.1 Å². The fraction of sp³-hybridized carbons (Fsp3) is 0.250. The number of amides is 2. The highest BCUT2D eigenvalue weighted by atomic mass is 32.1. The van der Waals surface area contributed by atoms with E-state index in [1.54, 1.807) is 29.5 Å². The van der Waals surface area contributed by atoms with Crippen molar-refractivity contribution in [3.05, 3.63) is 53.0 Å². The van der Waals surface area contributed by atoms with Gasteiger partial charge in [-0.25, -0.2) is 4.98 Å². The average Bonchev–Trinajstić information content (AvgIpc) is 3.33. The number of hydrogen-bond acceptors (Lipinski definition) is 5. The molecule has 3 aromatic rings. The van der Waals surface area contributed by atoms with Gasteiger partial charge >= 0.3 is 0 Å². The van der Waals surface area contributed by atoms with Crippen molar-refractivity contribution in [1.29, 1.82) is 0 Å². The first kappa shape index (κ1) is 16.3. The summed E-state index contributed by atoms with van der Waals surface area (Å²) in [5, 5.41) is 3.74. The van der Waals surface area contributed by atoms with Crippen molar-refractivity contribution in [2.45, 2.75) is 18.9 Å². The summed E-state index contributed by atoms with van der Waals surface area (Å²) in [4.78, 5) is 31.4. The van der Waals surface area contributed by atoms with Crippen LogP contribution in [-0.2, 0) is 4.79 Å². The lowest BCUT2D eigenvalue weighted by molar-refractivity contribution is -0.118. The summed E-state index contributed by atoms with van der Waals surface area (Å²) >= 11 is 1.65. The summed E-state index contributed by atoms with van der Waals surface area (Å²) in [5.74, 6) is 0.343. The number of nitrogens with one attached hydrogen (secondary N) is 1. The van der Waals surface area contributed by atoms with Crippen LogP contribution in [0.25, 0.3) is 10.2 Å². The predicted molar refractivity (Wildman–Crippen MR) is 103 cm³/mol. The van der Waals surface area contributed by atoms with Gasteiger partial charge in [0.2, 0.25) is 0 Å². The minimum atomic E-state index is -0.208. The molecule has 0 saturated carbocycles. The van der Waals surface area contributed by atoms with Crippen LogP contribution >= 0.6 is 11.3 Å². The van der Waals surface area contributed by atoms with E-state index < -0.39 is 0 Å². The number of likely N-dealkylation sites (tertiary alicyclic amines) is 1. The van der Waals surface area contributed by atoms with Crippen molar-refractivity contribution < 1.29 is 14.3 Å². The highest BCUT2D eigenvalue weighted by Gasteiger charge is 2.33. The predicted octanol–water partition coefficient (Wildman–Crippen LogP) is 3.60. The summed E-state index contributed by atoms with van der Waals surface area (Å²) in [5.41, 5.74) is 2.07. The normalized spacial score (nSPS) is 18.9. The zero-order chi connectivity index (χ0) is 18.4. The molecule has 0 aliphatic carbocycles. The van der Waals surface area contributed by atoms with Gasteiger partial charge in [-0.05, 0) is 43.2 Å². The van der Waals surface area contributed by atoms with Crippen molar-refractivity contribution in [1.82, 2.24) is 9.88 Å². The van der Waals surface area contributed by atoms with Crippen LogP contribution in [0.2, 0.25) is 0 Å². The third-order valence-electron chi connectivity index (χ3n) is 4.97. The van der Waals surface area contributed by atoms with Gasteiger partial charge in [-0.3, -0.25) is 9.59 Å². The molecule has 1 saturated heterocycles. The largest absolute Gasteiger partial charge is 0.482 e. The van der Waals surface area contributed by atoms with E-state index in [4.69, 9.17) is 9.72 Å². The number of nitrogens with zero attached hydrogens (tertiary/aromatic N) is 2. The molecule has 2 amide bonds. The quantitative estimate of drug-likeness (QED) is 0.738. The van der Waals surface area contributed by atoms with Crippen LogP contribution in [0.5, 0.6) is 5.75 Å². The second-order valence-electron chi connectivity index (χ2n) is 6.72. The van der Waals surface area contributed by atoms with Gasteiger partial charge in [-0.15, -0.1) is 11.3 Å². The number of carbonyl (C=O) groups excluding carboxylic acids is 2. The molecule has 2 aliphatic rings. The number of rotatable bonds is 2. The summed E-state index contributed by atoms with van der Waals surface area (Å²) in [7, 11) is 0. The van der Waals surface area contributed by atoms with E-state index in [2.05, 4.69) is 11.4 Å². The minimum absolute atomic E-state index is 0.00299. The molecule has 3 heterocycles. The van der Waals surface area contributed by atoms with Gasteiger partial charge in [0.1, 0.15) is 10.8 Å². The Morgan fingerprint density at radius 2 is 2.15 bits per heavy atom. The smallest absolute Gasteiger partial charge is 0.262 e. The van der Waals surface area contributed by atoms with Gasteiger partial charge in [-0.1, -0.05) is 12.1 Å². The Hall–Kier alpha value is -2.93. The monoisotopic (exact) mass is 379 g/mol. The van der Waals surface area contributed by atoms with E-state index in [1.165, 1.54) is 0 Å². The molecule has 1 unspecified atom stereocenters. The van der Waals surface area contributed by atoms with E-state index >= 15 is 0 Å². The van der Waals surface area contributed by atoms with Crippen molar-refractivity contribution in [3.8, 4) is 5.75 Å². The lowest BCUT2D eigenvalue weighted by Crippen LogP contribution is -2.31. The summed E-state index contributed by atoms with van der Waals surface area (Å²) in [6.07, 6.45) is 1.87. The van der Waals surface area contributed by atoms with E-state index in [0.29, 0.717) is 23.5 Å². The molecule has 136 valence electrons. The first-order valence-electron chi connectivity index (χ1n) is 8.92. The second-order valence-corrected chi connectivity index (χ2v) is 7.79. The molecule has 5 rings (SSSR count). The second kappa shape index (κ2) is 6.35. The van der Waals surface area contributed by atoms with Gasteiger partial charge in [0.25, 0.3) is 11.8 Å². The van der Waals surface area contributed by atoms with E-state index in [0.717, 1.165) is 28.1 Å². The zero-order valence-electron chi connectivity index (χ0n) is 14.5. The van der Waals surface area contributed by atoms with Gasteiger partial charge in [0, 0.05) is 12.1 Å². The maximum atomic E-state index is 13.2. The molecule has 0 bridgehead atoms. The fourth-order valence-electron chi connectivity index (χ4n) is 3.68. The number of anilines is 1. The van der Waals surface area contributed by atoms with Gasteiger partial charge in [0.15, 0.2) is 6.61 Å². The SMILES string of the molecule is O=C1COc2ccc(C(=O)N3CCCC3c3nc4ccccc4s3)cc2N1. The van der Waals surface area contributed by atoms with Crippen LogP contribution in [-0.4, -0.2) is 34.8 Å². The lowest BCUT2D eigenvalue weighted by atomic mass is 10.1. The molecule has 6 nitrogen and oxygen atoms in total. The molecule has 2 aliphatic heterocycles. The van der Waals surface area contributed by atoms with Crippen LogP contribution in [0.1, 0.15) is 34.2 Å². The molecule has 1 atom stereocenters. The Bertz CT molecular complexity index is 1030. The summed E-state index contributed by atoms with van der Waals surface area (Å²) < 4.78 is 6.51. The minimum Gasteiger partial charge on any atom is -0.482 e. The van der Waals surface area contributed by atoms with Crippen LogP contribution in [0.15, 0.2) is 42.5 Å². The van der Waals surface area contributed by atoms with Crippen LogP contribution < -0.4 is 10.1 Å². The number of hydrogen-bond donors (Lipinski definition) is 1. The maximum absolute atomic E-state index is 13.2. The Labute approximate surface area is 159 Å². The number of fused-ring (bicyclic) bond motifs is 2. The van der Waals surface area contributed by atoms with Crippen molar-refractivity contribution >= 4 is 39.1 Å². The Kier molecular flexibility index (Phi) is 3.82. The Morgan fingerprint density at radius 3 is 3.04 bits per heavy atom. The Balaban J connectivity index is 1.45. The molecule has 0 radical (unpaired) electrons. The topological polar surface area (TPSA) is 71.5 Å².